The van der Waals surface area contributed by atoms with Gasteiger partial charge in [0.25, 0.3) is 0 Å². The first kappa shape index (κ1) is 23.7. The largest absolute Gasteiger partial charge is 0.354 e. The summed E-state index contributed by atoms with van der Waals surface area (Å²) >= 11 is 0. The molecule has 1 saturated heterocycles. The van der Waals surface area contributed by atoms with Gasteiger partial charge in [-0.3, -0.25) is 0 Å². The van der Waals surface area contributed by atoms with E-state index >= 15 is 0 Å². The molecule has 3 rings (SSSR count). The van der Waals surface area contributed by atoms with Gasteiger partial charge in [-0.05, 0) is 32.3 Å². The van der Waals surface area contributed by atoms with Gasteiger partial charge in [-0.2, -0.15) is 4.31 Å². The van der Waals surface area contributed by atoms with Gasteiger partial charge in [0, 0.05) is 49.8 Å². The van der Waals surface area contributed by atoms with Crippen LogP contribution in [0.3, 0.4) is 0 Å². The van der Waals surface area contributed by atoms with Crippen molar-refractivity contribution < 1.29 is 8.42 Å². The molecule has 1 atom stereocenters. The van der Waals surface area contributed by atoms with Gasteiger partial charge in [-0.25, -0.2) is 18.4 Å². The Labute approximate surface area is 187 Å². The normalized spacial score (nSPS) is 16.5. The van der Waals surface area contributed by atoms with E-state index in [0.29, 0.717) is 32.6 Å². The molecule has 0 saturated carbocycles. The lowest BCUT2D eigenvalue weighted by molar-refractivity contribution is 0.383. The number of hydrogen-bond donors (Lipinski definition) is 0. The molecule has 0 spiro atoms. The fourth-order valence-electron chi connectivity index (χ4n) is 4.06. The Morgan fingerprint density at radius 3 is 2.39 bits per heavy atom. The second-order valence-corrected chi connectivity index (χ2v) is 10.7. The van der Waals surface area contributed by atoms with Crippen LogP contribution in [0.5, 0.6) is 0 Å². The second kappa shape index (κ2) is 10.1. The third-order valence-corrected chi connectivity index (χ3v) is 8.20. The van der Waals surface area contributed by atoms with Crippen molar-refractivity contribution in [1.82, 2.24) is 14.3 Å². The van der Waals surface area contributed by atoms with E-state index in [9.17, 15) is 8.42 Å². The Balaban J connectivity index is 1.92. The van der Waals surface area contributed by atoms with Crippen LogP contribution >= 0.6 is 0 Å². The van der Waals surface area contributed by atoms with Crippen LogP contribution in [0.1, 0.15) is 67.7 Å². The highest BCUT2D eigenvalue weighted by Crippen LogP contribution is 2.28. The van der Waals surface area contributed by atoms with E-state index < -0.39 is 10.0 Å². The van der Waals surface area contributed by atoms with Crippen molar-refractivity contribution in [1.29, 1.82) is 0 Å². The smallest absolute Gasteiger partial charge is 0.214 e. The first-order chi connectivity index (χ1) is 14.7. The highest BCUT2D eigenvalue weighted by atomic mass is 32.2. The molecule has 0 radical (unpaired) electrons. The zero-order chi connectivity index (χ0) is 22.6. The van der Waals surface area contributed by atoms with Crippen LogP contribution in [0.25, 0.3) is 0 Å². The van der Waals surface area contributed by atoms with Crippen molar-refractivity contribution in [2.75, 3.05) is 36.8 Å². The average molecular weight is 445 g/mol. The van der Waals surface area contributed by atoms with Crippen LogP contribution in [0.4, 0.5) is 5.82 Å². The zero-order valence-corrected chi connectivity index (χ0v) is 20.4. The third-order valence-electron chi connectivity index (χ3n) is 6.12. The Morgan fingerprint density at radius 1 is 1.06 bits per heavy atom. The van der Waals surface area contributed by atoms with Gasteiger partial charge >= 0.3 is 0 Å². The first-order valence-corrected chi connectivity index (χ1v) is 13.0. The minimum atomic E-state index is -3.16. The lowest BCUT2D eigenvalue weighted by atomic mass is 10.0. The van der Waals surface area contributed by atoms with Gasteiger partial charge in [-0.15, -0.1) is 0 Å². The first-order valence-electron chi connectivity index (χ1n) is 11.4. The summed E-state index contributed by atoms with van der Waals surface area (Å²) in [6.07, 6.45) is 2.41. The lowest BCUT2D eigenvalue weighted by Gasteiger charge is -2.36. The van der Waals surface area contributed by atoms with Crippen LogP contribution in [0.15, 0.2) is 24.3 Å². The minimum absolute atomic E-state index is 0.219. The van der Waals surface area contributed by atoms with Gasteiger partial charge in [0.15, 0.2) is 0 Å². The SMILES string of the molecule is CCCS(=O)(=O)N1CCN(c2nc(C(C)CC)nc(C)c2Cc2cccc(C)c2)CC1. The molecule has 1 aromatic heterocycles. The van der Waals surface area contributed by atoms with Crippen LogP contribution in [-0.2, 0) is 16.4 Å². The van der Waals surface area contributed by atoms with Crippen molar-refractivity contribution in [2.45, 2.75) is 59.8 Å². The number of aromatic nitrogens is 2. The summed E-state index contributed by atoms with van der Waals surface area (Å²) in [5.41, 5.74) is 4.64. The zero-order valence-electron chi connectivity index (χ0n) is 19.6. The monoisotopic (exact) mass is 444 g/mol. The molecule has 1 unspecified atom stereocenters. The summed E-state index contributed by atoms with van der Waals surface area (Å²) in [5.74, 6) is 2.36. The molecule has 1 aromatic carbocycles. The fourth-order valence-corrected chi connectivity index (χ4v) is 5.56. The van der Waals surface area contributed by atoms with Crippen LogP contribution in [0.2, 0.25) is 0 Å². The van der Waals surface area contributed by atoms with Gasteiger partial charge in [-0.1, -0.05) is 50.6 Å². The molecule has 1 fully saturated rings. The van der Waals surface area contributed by atoms with Crippen molar-refractivity contribution in [3.8, 4) is 0 Å². The Morgan fingerprint density at radius 2 is 1.77 bits per heavy atom. The van der Waals surface area contributed by atoms with Gasteiger partial charge in [0.2, 0.25) is 10.0 Å². The van der Waals surface area contributed by atoms with Crippen molar-refractivity contribution in [2.24, 2.45) is 0 Å². The number of anilines is 1. The van der Waals surface area contributed by atoms with Gasteiger partial charge in [0.05, 0.1) is 5.75 Å². The topological polar surface area (TPSA) is 66.4 Å². The molecule has 0 amide bonds. The molecule has 0 N–H and O–H groups in total. The molecule has 1 aliphatic heterocycles. The second-order valence-electron chi connectivity index (χ2n) is 8.65. The van der Waals surface area contributed by atoms with E-state index in [0.717, 1.165) is 35.7 Å². The molecule has 7 heteroatoms. The van der Waals surface area contributed by atoms with Gasteiger partial charge in [0.1, 0.15) is 11.6 Å². The maximum Gasteiger partial charge on any atom is 0.214 e. The molecular weight excluding hydrogens is 408 g/mol. The summed E-state index contributed by atoms with van der Waals surface area (Å²) in [5, 5.41) is 0. The molecule has 1 aliphatic rings. The highest BCUT2D eigenvalue weighted by Gasteiger charge is 2.28. The Bertz CT molecular complexity index is 999. The standard InChI is InChI=1S/C24H36N4O2S/c1-6-15-31(29,30)28-13-11-27(12-14-28)24-22(17-21-10-8-9-18(3)16-21)20(5)25-23(26-24)19(4)7-2/h8-10,16,19H,6-7,11-15,17H2,1-5H3. The number of rotatable bonds is 8. The molecule has 2 heterocycles. The van der Waals surface area contributed by atoms with E-state index in [1.54, 1.807) is 4.31 Å². The molecule has 31 heavy (non-hydrogen) atoms. The van der Waals surface area contributed by atoms with Crippen molar-refractivity contribution >= 4 is 15.8 Å². The molecular formula is C24H36N4O2S. The Hall–Kier alpha value is -1.99. The van der Waals surface area contributed by atoms with Crippen LogP contribution < -0.4 is 4.90 Å². The Kier molecular flexibility index (Phi) is 7.70. The van der Waals surface area contributed by atoms with Crippen LogP contribution in [0, 0.1) is 13.8 Å². The maximum atomic E-state index is 12.5. The van der Waals surface area contributed by atoms with Crippen LogP contribution in [-0.4, -0.2) is 54.6 Å². The molecule has 6 nitrogen and oxygen atoms in total. The summed E-state index contributed by atoms with van der Waals surface area (Å²) < 4.78 is 26.6. The number of aryl methyl sites for hydroxylation is 2. The van der Waals surface area contributed by atoms with E-state index in [2.05, 4.69) is 56.9 Å². The van der Waals surface area contributed by atoms with Crippen molar-refractivity contribution in [3.05, 3.63) is 52.5 Å². The number of hydrogen-bond acceptors (Lipinski definition) is 5. The lowest BCUT2D eigenvalue weighted by Crippen LogP contribution is -2.49. The third kappa shape index (κ3) is 5.63. The highest BCUT2D eigenvalue weighted by molar-refractivity contribution is 7.89. The number of nitrogens with zero attached hydrogens (tertiary/aromatic N) is 4. The fraction of sp³-hybridized carbons (Fsp3) is 0.583. The van der Waals surface area contributed by atoms with E-state index in [1.807, 2.05) is 6.92 Å². The summed E-state index contributed by atoms with van der Waals surface area (Å²) in [4.78, 5) is 12.1. The summed E-state index contributed by atoms with van der Waals surface area (Å²) in [6, 6.07) is 8.55. The molecule has 2 aromatic rings. The number of benzene rings is 1. The molecule has 0 aliphatic carbocycles. The predicted octanol–water partition coefficient (Wildman–Crippen LogP) is 4.06. The summed E-state index contributed by atoms with van der Waals surface area (Å²) in [7, 11) is -3.16. The van der Waals surface area contributed by atoms with E-state index in [4.69, 9.17) is 9.97 Å². The van der Waals surface area contributed by atoms with E-state index in [1.165, 1.54) is 11.1 Å². The van der Waals surface area contributed by atoms with E-state index in [-0.39, 0.29) is 11.7 Å². The number of sulfonamides is 1. The average Bonchev–Trinajstić information content (AvgIpc) is 2.74. The number of piperazine rings is 1. The van der Waals surface area contributed by atoms with Gasteiger partial charge < -0.3 is 4.90 Å². The molecule has 0 bridgehead atoms. The summed E-state index contributed by atoms with van der Waals surface area (Å²) in [6.45, 7) is 12.7. The molecule has 170 valence electrons. The maximum absolute atomic E-state index is 12.5. The predicted molar refractivity (Wildman–Crippen MR) is 127 cm³/mol. The quantitative estimate of drug-likeness (QED) is 0.614. The van der Waals surface area contributed by atoms with Crippen molar-refractivity contribution in [3.63, 3.8) is 0 Å². The minimum Gasteiger partial charge on any atom is -0.354 e.